The highest BCUT2D eigenvalue weighted by molar-refractivity contribution is 6.00. The number of H-pyrrole nitrogens is 1. The summed E-state index contributed by atoms with van der Waals surface area (Å²) in [6, 6.07) is 3.34. The molecule has 0 aliphatic heterocycles. The molecule has 2 rings (SSSR count). The number of benzene rings is 1. The summed E-state index contributed by atoms with van der Waals surface area (Å²) >= 11 is 0. The largest absolute Gasteiger partial charge is 0.507 e. The quantitative estimate of drug-likeness (QED) is 0.651. The molecule has 1 heterocycles. The lowest BCUT2D eigenvalue weighted by Gasteiger charge is -2.02. The number of aldehydes is 1. The minimum absolute atomic E-state index is 0.208. The van der Waals surface area contributed by atoms with Gasteiger partial charge in [0.25, 0.3) is 0 Å². The van der Waals surface area contributed by atoms with Crippen LogP contribution in [-0.2, 0) is 0 Å². The van der Waals surface area contributed by atoms with Crippen LogP contribution in [0.15, 0.2) is 18.3 Å². The number of aromatic amines is 1. The van der Waals surface area contributed by atoms with Crippen molar-refractivity contribution in [1.82, 2.24) is 4.98 Å². The molecule has 1 aromatic heterocycles. The minimum atomic E-state index is 0.208. The van der Waals surface area contributed by atoms with E-state index in [9.17, 15) is 9.90 Å². The molecule has 1 aromatic carbocycles. The number of fused-ring (bicyclic) bond motifs is 1. The van der Waals surface area contributed by atoms with Crippen molar-refractivity contribution >= 4 is 17.2 Å². The topological polar surface area (TPSA) is 53.1 Å². The SMILES string of the molecule is Cc1cc(O)c2cc[nH]c2c1C=O. The normalized spacial score (nSPS) is 10.5. The maximum atomic E-state index is 10.7. The van der Waals surface area contributed by atoms with E-state index in [2.05, 4.69) is 4.98 Å². The molecular weight excluding hydrogens is 166 g/mol. The Bertz CT molecular complexity index is 471. The summed E-state index contributed by atoms with van der Waals surface area (Å²) in [6.45, 7) is 1.80. The predicted octanol–water partition coefficient (Wildman–Crippen LogP) is 1.99. The molecule has 2 N–H and O–H groups in total. The van der Waals surface area contributed by atoms with Gasteiger partial charge in [-0.3, -0.25) is 4.79 Å². The first-order valence-electron chi connectivity index (χ1n) is 3.99. The van der Waals surface area contributed by atoms with Gasteiger partial charge in [-0.05, 0) is 24.6 Å². The fourth-order valence-corrected chi connectivity index (χ4v) is 1.52. The second-order valence-electron chi connectivity index (χ2n) is 3.01. The van der Waals surface area contributed by atoms with Crippen molar-refractivity contribution in [2.45, 2.75) is 6.92 Å². The lowest BCUT2D eigenvalue weighted by Crippen LogP contribution is -1.88. The zero-order chi connectivity index (χ0) is 9.42. The third-order valence-electron chi connectivity index (χ3n) is 2.19. The zero-order valence-corrected chi connectivity index (χ0v) is 7.16. The van der Waals surface area contributed by atoms with Crippen LogP contribution >= 0.6 is 0 Å². The number of hydrogen-bond acceptors (Lipinski definition) is 2. The number of carbonyl (C=O) groups excluding carboxylic acids is 1. The van der Waals surface area contributed by atoms with E-state index in [1.54, 1.807) is 25.3 Å². The average Bonchev–Trinajstić information content (AvgIpc) is 2.53. The molecule has 0 unspecified atom stereocenters. The average molecular weight is 175 g/mol. The summed E-state index contributed by atoms with van der Waals surface area (Å²) < 4.78 is 0. The first-order valence-corrected chi connectivity index (χ1v) is 3.99. The summed E-state index contributed by atoms with van der Waals surface area (Å²) in [5, 5.41) is 10.2. The number of rotatable bonds is 1. The number of aryl methyl sites for hydroxylation is 1. The predicted molar refractivity (Wildman–Crippen MR) is 50.1 cm³/mol. The van der Waals surface area contributed by atoms with Crippen molar-refractivity contribution in [1.29, 1.82) is 0 Å². The number of phenolic OH excluding ortho intramolecular Hbond substituents is 1. The highest BCUT2D eigenvalue weighted by atomic mass is 16.3. The van der Waals surface area contributed by atoms with E-state index in [0.717, 1.165) is 11.8 Å². The first kappa shape index (κ1) is 7.86. The van der Waals surface area contributed by atoms with Gasteiger partial charge in [-0.25, -0.2) is 0 Å². The van der Waals surface area contributed by atoms with Gasteiger partial charge in [0.05, 0.1) is 5.52 Å². The third-order valence-corrected chi connectivity index (χ3v) is 2.19. The number of nitrogens with one attached hydrogen (secondary N) is 1. The Morgan fingerprint density at radius 2 is 2.31 bits per heavy atom. The van der Waals surface area contributed by atoms with Crippen LogP contribution in [0.4, 0.5) is 0 Å². The van der Waals surface area contributed by atoms with Crippen molar-refractivity contribution in [2.75, 3.05) is 0 Å². The molecule has 0 atom stereocenters. The van der Waals surface area contributed by atoms with E-state index >= 15 is 0 Å². The van der Waals surface area contributed by atoms with Crippen molar-refractivity contribution in [3.05, 3.63) is 29.5 Å². The molecule has 0 aliphatic rings. The molecule has 0 fully saturated rings. The molecule has 0 saturated carbocycles. The van der Waals surface area contributed by atoms with E-state index in [0.29, 0.717) is 16.5 Å². The van der Waals surface area contributed by atoms with E-state index in [1.165, 1.54) is 0 Å². The molecule has 3 nitrogen and oxygen atoms in total. The number of hydrogen-bond donors (Lipinski definition) is 2. The summed E-state index contributed by atoms with van der Waals surface area (Å²) in [7, 11) is 0. The van der Waals surface area contributed by atoms with Crippen LogP contribution in [0.2, 0.25) is 0 Å². The van der Waals surface area contributed by atoms with Gasteiger partial charge in [-0.1, -0.05) is 0 Å². The van der Waals surface area contributed by atoms with Gasteiger partial charge < -0.3 is 10.1 Å². The summed E-state index contributed by atoms with van der Waals surface area (Å²) in [5.74, 6) is 0.208. The summed E-state index contributed by atoms with van der Waals surface area (Å²) in [5.41, 5.74) is 2.09. The van der Waals surface area contributed by atoms with Crippen LogP contribution in [0.1, 0.15) is 15.9 Å². The standard InChI is InChI=1S/C10H9NO2/c1-6-4-9(13)7-2-3-11-10(7)8(6)5-12/h2-5,11,13H,1H3. The zero-order valence-electron chi connectivity index (χ0n) is 7.16. The molecule has 0 amide bonds. The van der Waals surface area contributed by atoms with Crippen molar-refractivity contribution < 1.29 is 9.90 Å². The molecule has 0 radical (unpaired) electrons. The Labute approximate surface area is 75.0 Å². The number of phenols is 1. The Kier molecular flexibility index (Phi) is 1.59. The second kappa shape index (κ2) is 2.62. The minimum Gasteiger partial charge on any atom is -0.507 e. The Morgan fingerprint density at radius 1 is 1.54 bits per heavy atom. The highest BCUT2D eigenvalue weighted by Crippen LogP contribution is 2.28. The molecule has 0 bridgehead atoms. The number of aromatic hydroxyl groups is 1. The molecular formula is C10H9NO2. The Balaban J connectivity index is 2.96. The number of aromatic nitrogens is 1. The lowest BCUT2D eigenvalue weighted by molar-refractivity contribution is 0.112. The fraction of sp³-hybridized carbons (Fsp3) is 0.100. The van der Waals surface area contributed by atoms with Crippen LogP contribution in [0.3, 0.4) is 0 Å². The van der Waals surface area contributed by atoms with Gasteiger partial charge in [0.15, 0.2) is 6.29 Å². The van der Waals surface area contributed by atoms with Crippen molar-refractivity contribution in [3.8, 4) is 5.75 Å². The highest BCUT2D eigenvalue weighted by Gasteiger charge is 2.08. The van der Waals surface area contributed by atoms with E-state index in [4.69, 9.17) is 0 Å². The molecule has 0 aliphatic carbocycles. The molecule has 0 saturated heterocycles. The van der Waals surface area contributed by atoms with E-state index < -0.39 is 0 Å². The second-order valence-corrected chi connectivity index (χ2v) is 3.01. The van der Waals surface area contributed by atoms with Gasteiger partial charge in [0.1, 0.15) is 5.75 Å². The maximum absolute atomic E-state index is 10.7. The molecule has 13 heavy (non-hydrogen) atoms. The smallest absolute Gasteiger partial charge is 0.152 e. The lowest BCUT2D eigenvalue weighted by atomic mass is 10.1. The molecule has 66 valence electrons. The fourth-order valence-electron chi connectivity index (χ4n) is 1.52. The molecule has 2 aromatic rings. The monoisotopic (exact) mass is 175 g/mol. The Morgan fingerprint density at radius 3 is 3.00 bits per heavy atom. The van der Waals surface area contributed by atoms with E-state index in [1.807, 2.05) is 0 Å². The van der Waals surface area contributed by atoms with Crippen molar-refractivity contribution in [3.63, 3.8) is 0 Å². The van der Waals surface area contributed by atoms with Crippen molar-refractivity contribution in [2.24, 2.45) is 0 Å². The van der Waals surface area contributed by atoms with Gasteiger partial charge in [-0.15, -0.1) is 0 Å². The van der Waals surface area contributed by atoms with E-state index in [-0.39, 0.29) is 5.75 Å². The maximum Gasteiger partial charge on any atom is 0.152 e. The first-order chi connectivity index (χ1) is 6.24. The summed E-state index contributed by atoms with van der Waals surface area (Å²) in [6.07, 6.45) is 2.50. The molecule has 0 spiro atoms. The van der Waals surface area contributed by atoms with Gasteiger partial charge in [-0.2, -0.15) is 0 Å². The van der Waals surface area contributed by atoms with Gasteiger partial charge in [0, 0.05) is 17.1 Å². The summed E-state index contributed by atoms with van der Waals surface area (Å²) in [4.78, 5) is 13.7. The van der Waals surface area contributed by atoms with Crippen LogP contribution in [0.25, 0.3) is 10.9 Å². The van der Waals surface area contributed by atoms with Gasteiger partial charge in [0.2, 0.25) is 0 Å². The van der Waals surface area contributed by atoms with Crippen LogP contribution in [0.5, 0.6) is 5.75 Å². The Hall–Kier alpha value is -1.77. The van der Waals surface area contributed by atoms with Crippen LogP contribution in [-0.4, -0.2) is 16.4 Å². The number of carbonyl (C=O) groups is 1. The van der Waals surface area contributed by atoms with Crippen LogP contribution < -0.4 is 0 Å². The molecule has 3 heteroatoms. The van der Waals surface area contributed by atoms with Crippen LogP contribution in [0, 0.1) is 6.92 Å². The van der Waals surface area contributed by atoms with Gasteiger partial charge >= 0.3 is 0 Å². The third kappa shape index (κ3) is 1.01.